The third-order valence-electron chi connectivity index (χ3n) is 4.26. The van der Waals surface area contributed by atoms with Crippen LogP contribution >= 0.6 is 22.9 Å². The second-order valence-electron chi connectivity index (χ2n) is 6.22. The van der Waals surface area contributed by atoms with Crippen molar-refractivity contribution in [2.75, 3.05) is 3.11 Å². The van der Waals surface area contributed by atoms with Gasteiger partial charge in [-0.05, 0) is 32.0 Å². The van der Waals surface area contributed by atoms with Crippen molar-refractivity contribution in [3.8, 4) is 11.1 Å². The maximum Gasteiger partial charge on any atom is 0.270 e. The predicted molar refractivity (Wildman–Crippen MR) is 110 cm³/mol. The molecule has 0 spiro atoms. The van der Waals surface area contributed by atoms with E-state index in [0.717, 1.165) is 36.0 Å². The van der Waals surface area contributed by atoms with E-state index in [1.165, 1.54) is 12.1 Å². The fourth-order valence-electron chi connectivity index (χ4n) is 2.86. The standard InChI is InChI=1S/C20H20F2IN3/c1-4-25-13-18(14(2)24-25)17-10-5-6-11-19(17)26(23)16-9-7-8-15(12-16)20(3,21)22/h5-13H,4H2,1-3H3. The molecule has 0 aliphatic carbocycles. The number of halogens is 3. The lowest BCUT2D eigenvalue weighted by atomic mass is 10.0. The smallest absolute Gasteiger partial charge is 0.270 e. The Morgan fingerprint density at radius 3 is 2.50 bits per heavy atom. The molecule has 3 aromatic rings. The van der Waals surface area contributed by atoms with Gasteiger partial charge in [0, 0.05) is 36.4 Å². The molecule has 3 rings (SSSR count). The largest absolute Gasteiger partial charge is 0.282 e. The lowest BCUT2D eigenvalue weighted by Gasteiger charge is -2.21. The van der Waals surface area contributed by atoms with Crippen LogP contribution in [0.3, 0.4) is 0 Å². The molecule has 1 aromatic heterocycles. The van der Waals surface area contributed by atoms with Gasteiger partial charge in [-0.1, -0.05) is 30.3 Å². The van der Waals surface area contributed by atoms with Crippen molar-refractivity contribution in [3.63, 3.8) is 0 Å². The number of hydrogen-bond donors (Lipinski definition) is 0. The van der Waals surface area contributed by atoms with Gasteiger partial charge in [0.1, 0.15) is 0 Å². The van der Waals surface area contributed by atoms with Gasteiger partial charge in [-0.3, -0.25) is 7.80 Å². The molecule has 0 unspecified atom stereocenters. The third-order valence-corrected chi connectivity index (χ3v) is 5.33. The molecule has 0 radical (unpaired) electrons. The topological polar surface area (TPSA) is 21.1 Å². The summed E-state index contributed by atoms with van der Waals surface area (Å²) in [7, 11) is 0. The van der Waals surface area contributed by atoms with Crippen LogP contribution in [0.5, 0.6) is 0 Å². The Morgan fingerprint density at radius 1 is 1.12 bits per heavy atom. The minimum atomic E-state index is -2.87. The quantitative estimate of drug-likeness (QED) is 0.317. The van der Waals surface area contributed by atoms with Gasteiger partial charge in [0.25, 0.3) is 5.92 Å². The third kappa shape index (κ3) is 3.75. The van der Waals surface area contributed by atoms with Crippen molar-refractivity contribution in [1.82, 2.24) is 9.78 Å². The van der Waals surface area contributed by atoms with E-state index < -0.39 is 5.92 Å². The summed E-state index contributed by atoms with van der Waals surface area (Å²) >= 11 is 2.16. The zero-order valence-electron chi connectivity index (χ0n) is 14.9. The molecule has 136 valence electrons. The van der Waals surface area contributed by atoms with Gasteiger partial charge in [0.05, 0.1) is 39.9 Å². The Labute approximate surface area is 166 Å². The van der Waals surface area contributed by atoms with Gasteiger partial charge < -0.3 is 0 Å². The van der Waals surface area contributed by atoms with Crippen LogP contribution < -0.4 is 3.11 Å². The van der Waals surface area contributed by atoms with E-state index in [4.69, 9.17) is 0 Å². The zero-order chi connectivity index (χ0) is 18.9. The lowest BCUT2D eigenvalue weighted by molar-refractivity contribution is 0.0175. The molecular weight excluding hydrogens is 447 g/mol. The second kappa shape index (κ2) is 7.34. The van der Waals surface area contributed by atoms with Crippen LogP contribution in [0.25, 0.3) is 11.1 Å². The average molecular weight is 467 g/mol. The second-order valence-corrected chi connectivity index (χ2v) is 7.19. The normalized spacial score (nSPS) is 11.6. The summed E-state index contributed by atoms with van der Waals surface area (Å²) in [4.78, 5) is 0. The molecule has 0 fully saturated rings. The summed E-state index contributed by atoms with van der Waals surface area (Å²) in [5.74, 6) is -2.87. The van der Waals surface area contributed by atoms with Gasteiger partial charge in [-0.25, -0.2) is 8.78 Å². The molecule has 0 aliphatic heterocycles. The molecule has 0 saturated carbocycles. The first-order chi connectivity index (χ1) is 12.3. The highest BCUT2D eigenvalue weighted by atomic mass is 127. The van der Waals surface area contributed by atoms with Crippen molar-refractivity contribution in [2.24, 2.45) is 0 Å². The summed E-state index contributed by atoms with van der Waals surface area (Å²) in [5, 5.41) is 4.52. The van der Waals surface area contributed by atoms with Crippen LogP contribution in [0.1, 0.15) is 25.1 Å². The van der Waals surface area contributed by atoms with Crippen LogP contribution in [0, 0.1) is 6.92 Å². The van der Waals surface area contributed by atoms with Gasteiger partial charge in [-0.2, -0.15) is 5.10 Å². The minimum Gasteiger partial charge on any atom is -0.282 e. The molecule has 0 bridgehead atoms. The number of para-hydroxylation sites is 1. The Kier molecular flexibility index (Phi) is 5.32. The van der Waals surface area contributed by atoms with E-state index >= 15 is 0 Å². The molecule has 1 heterocycles. The molecule has 2 aromatic carbocycles. The minimum absolute atomic E-state index is 0.00382. The molecule has 0 amide bonds. The van der Waals surface area contributed by atoms with Crippen LogP contribution in [-0.2, 0) is 12.5 Å². The van der Waals surface area contributed by atoms with Crippen molar-refractivity contribution in [1.29, 1.82) is 0 Å². The summed E-state index contributed by atoms with van der Waals surface area (Å²) in [6.45, 7) is 5.74. The highest BCUT2D eigenvalue weighted by Gasteiger charge is 2.25. The van der Waals surface area contributed by atoms with Crippen LogP contribution in [0.4, 0.5) is 20.2 Å². The van der Waals surface area contributed by atoms with Crippen molar-refractivity contribution < 1.29 is 8.78 Å². The summed E-state index contributed by atoms with van der Waals surface area (Å²) in [5.41, 5.74) is 4.65. The monoisotopic (exact) mass is 467 g/mol. The number of benzene rings is 2. The SMILES string of the molecule is CCn1cc(-c2ccccc2N(I)c2cccc(C(C)(F)F)c2)c(C)n1. The van der Waals surface area contributed by atoms with E-state index in [1.54, 1.807) is 6.07 Å². The Balaban J connectivity index is 2.06. The number of hydrogen-bond acceptors (Lipinski definition) is 2. The average Bonchev–Trinajstić information content (AvgIpc) is 3.01. The Bertz CT molecular complexity index is 915. The number of aromatic nitrogens is 2. The number of anilines is 2. The molecule has 0 aliphatic rings. The molecule has 6 heteroatoms. The Morgan fingerprint density at radius 2 is 1.85 bits per heavy atom. The van der Waals surface area contributed by atoms with E-state index in [2.05, 4.69) is 28.0 Å². The van der Waals surface area contributed by atoms with Gasteiger partial charge in [0.15, 0.2) is 0 Å². The van der Waals surface area contributed by atoms with Crippen molar-refractivity contribution >= 4 is 34.2 Å². The first-order valence-electron chi connectivity index (χ1n) is 8.39. The fourth-order valence-corrected chi connectivity index (χ4v) is 3.58. The molecule has 0 atom stereocenters. The van der Waals surface area contributed by atoms with E-state index in [-0.39, 0.29) is 5.56 Å². The van der Waals surface area contributed by atoms with Gasteiger partial charge in [0.2, 0.25) is 0 Å². The number of nitrogens with zero attached hydrogens (tertiary/aromatic N) is 3. The molecule has 0 N–H and O–H groups in total. The number of rotatable bonds is 5. The highest BCUT2D eigenvalue weighted by molar-refractivity contribution is 14.1. The molecule has 0 saturated heterocycles. The van der Waals surface area contributed by atoms with Gasteiger partial charge in [-0.15, -0.1) is 0 Å². The van der Waals surface area contributed by atoms with Crippen molar-refractivity contribution in [2.45, 2.75) is 33.2 Å². The summed E-state index contributed by atoms with van der Waals surface area (Å²) < 4.78 is 31.2. The predicted octanol–water partition coefficient (Wildman–Crippen LogP) is 6.48. The lowest BCUT2D eigenvalue weighted by Crippen LogP contribution is -2.09. The van der Waals surface area contributed by atoms with Crippen LogP contribution in [-0.4, -0.2) is 9.78 Å². The van der Waals surface area contributed by atoms with Gasteiger partial charge >= 0.3 is 0 Å². The van der Waals surface area contributed by atoms with Crippen molar-refractivity contribution in [3.05, 3.63) is 66.0 Å². The maximum absolute atomic E-state index is 13.7. The van der Waals surface area contributed by atoms with Crippen LogP contribution in [0.15, 0.2) is 54.7 Å². The van der Waals surface area contributed by atoms with E-state index in [9.17, 15) is 8.78 Å². The first kappa shape index (κ1) is 18.8. The summed E-state index contributed by atoms with van der Waals surface area (Å²) in [6, 6.07) is 14.4. The first-order valence-corrected chi connectivity index (χ1v) is 9.35. The fraction of sp³-hybridized carbons (Fsp3) is 0.250. The molecule has 3 nitrogen and oxygen atoms in total. The number of aryl methyl sites for hydroxylation is 2. The maximum atomic E-state index is 13.7. The number of alkyl halides is 2. The zero-order valence-corrected chi connectivity index (χ0v) is 17.0. The highest BCUT2D eigenvalue weighted by Crippen LogP contribution is 2.40. The molecule has 26 heavy (non-hydrogen) atoms. The van der Waals surface area contributed by atoms with Crippen LogP contribution in [0.2, 0.25) is 0 Å². The molecular formula is C20H20F2IN3. The van der Waals surface area contributed by atoms with E-state index in [0.29, 0.717) is 5.69 Å². The Hall–Kier alpha value is -1.96. The summed E-state index contributed by atoms with van der Waals surface area (Å²) in [6.07, 6.45) is 2.02. The van der Waals surface area contributed by atoms with E-state index in [1.807, 2.05) is 58.2 Å².